The van der Waals surface area contributed by atoms with Crippen LogP contribution in [-0.2, 0) is 76.8 Å². The third kappa shape index (κ3) is 25.0. The van der Waals surface area contributed by atoms with Crippen molar-refractivity contribution in [3.05, 3.63) is 95.6 Å². The summed E-state index contributed by atoms with van der Waals surface area (Å²) in [5.41, 5.74) is 24.3. The molecule has 3 rings (SSSR count). The van der Waals surface area contributed by atoms with Crippen molar-refractivity contribution in [3.8, 4) is 11.5 Å². The van der Waals surface area contributed by atoms with Gasteiger partial charge in [-0.2, -0.15) is 0 Å². The van der Waals surface area contributed by atoms with E-state index in [0.717, 1.165) is 0 Å². The van der Waals surface area contributed by atoms with E-state index in [0.29, 0.717) is 29.5 Å². The Labute approximate surface area is 479 Å². The van der Waals surface area contributed by atoms with Crippen molar-refractivity contribution in [2.45, 2.75) is 140 Å². The summed E-state index contributed by atoms with van der Waals surface area (Å²) in [7, 11) is 0. The average molecular weight is 1160 g/mol. The number of nitrogens with one attached hydrogen (secondary N) is 9. The maximum Gasteiger partial charge on any atom is 0.326 e. The topological polar surface area (TPSA) is 478 Å². The number of aliphatic carboxylic acids is 1. The fraction of sp³-hybridized carbons (Fsp3) is 0.455. The van der Waals surface area contributed by atoms with E-state index in [9.17, 15) is 72.9 Å². The first-order chi connectivity index (χ1) is 39.1. The zero-order valence-corrected chi connectivity index (χ0v) is 46.6. The number of carboxylic acid groups (broad SMARTS) is 1. The number of carboxylic acids is 1. The Bertz CT molecular complexity index is 2730. The number of amides is 11. The quantitative estimate of drug-likeness (QED) is 0.0254. The Hall–Kier alpha value is -9.18. The molecule has 0 spiro atoms. The molecule has 0 aliphatic heterocycles. The Balaban J connectivity index is 1.69. The number of carbonyl (C=O) groups excluding carboxylic acids is 11. The minimum absolute atomic E-state index is 0.00865. The van der Waals surface area contributed by atoms with E-state index in [2.05, 4.69) is 47.9 Å². The first kappa shape index (κ1) is 68.1. The molecule has 28 heteroatoms. The van der Waals surface area contributed by atoms with Gasteiger partial charge in [-0.3, -0.25) is 52.7 Å². The maximum absolute atomic E-state index is 14.0. The molecular weight excluding hydrogens is 1080 g/mol. The molecule has 3 aromatic carbocycles. The smallest absolute Gasteiger partial charge is 0.326 e. The van der Waals surface area contributed by atoms with Gasteiger partial charge in [-0.1, -0.05) is 68.4 Å². The average Bonchev–Trinajstić information content (AvgIpc) is 3.46. The van der Waals surface area contributed by atoms with Gasteiger partial charge in [0.2, 0.25) is 65.0 Å². The van der Waals surface area contributed by atoms with Gasteiger partial charge in [0.25, 0.3) is 0 Å². The van der Waals surface area contributed by atoms with Crippen LogP contribution in [0.3, 0.4) is 0 Å². The number of carbonyl (C=O) groups is 12. The molecule has 0 fully saturated rings. The molecule has 0 heterocycles. The van der Waals surface area contributed by atoms with Gasteiger partial charge in [0.15, 0.2) is 0 Å². The first-order valence-corrected chi connectivity index (χ1v) is 26.7. The second-order valence-electron chi connectivity index (χ2n) is 20.2. The van der Waals surface area contributed by atoms with Crippen molar-refractivity contribution in [2.24, 2.45) is 28.9 Å². The number of benzene rings is 3. The van der Waals surface area contributed by atoms with Crippen molar-refractivity contribution >= 4 is 70.9 Å². The largest absolute Gasteiger partial charge is 0.508 e. The number of phenols is 2. The van der Waals surface area contributed by atoms with Crippen LogP contribution in [0.25, 0.3) is 0 Å². The van der Waals surface area contributed by atoms with Crippen molar-refractivity contribution < 1.29 is 72.9 Å². The molecule has 3 aromatic rings. The van der Waals surface area contributed by atoms with Crippen molar-refractivity contribution in [3.63, 3.8) is 0 Å². The SMILES string of the molecule is CC(C)C[C@H](NC(=O)[C@H](CCCCN)NC(=O)[C@H](CC(N)=O)NC(=O)[C@H](Cc1ccccc1)NC(=O)CNC(=O)[C@H](C)NC(=O)[C@H](C)NC(=O)[C@H](CC(N)=O)NC(=O)[C@H](Cc1ccc(O)cc1)NC(=O)[C@@H](N)Cc1ccc(O)cc1)C(=O)O. The van der Waals surface area contributed by atoms with Crippen LogP contribution in [-0.4, -0.2) is 154 Å². The number of hydrogen-bond acceptors (Lipinski definition) is 16. The summed E-state index contributed by atoms with van der Waals surface area (Å²) in [6.07, 6.45) is -1.02. The zero-order valence-electron chi connectivity index (χ0n) is 46.6. The Morgan fingerprint density at radius 1 is 0.458 bits per heavy atom. The number of phenolic OH excluding ortho intramolecular Hbond substituents is 2. The third-order valence-electron chi connectivity index (χ3n) is 12.6. The van der Waals surface area contributed by atoms with Crippen LogP contribution in [0.15, 0.2) is 78.9 Å². The summed E-state index contributed by atoms with van der Waals surface area (Å²) in [6, 6.07) is 6.97. The highest BCUT2D eigenvalue weighted by molar-refractivity contribution is 5.99. The molecular formula is C55H77N13O15. The van der Waals surface area contributed by atoms with Crippen LogP contribution in [0, 0.1) is 5.92 Å². The lowest BCUT2D eigenvalue weighted by Crippen LogP contribution is -2.59. The maximum atomic E-state index is 14.0. The molecule has 20 N–H and O–H groups in total. The minimum Gasteiger partial charge on any atom is -0.508 e. The van der Waals surface area contributed by atoms with Crippen molar-refractivity contribution in [1.82, 2.24) is 47.9 Å². The molecule has 28 nitrogen and oxygen atoms in total. The molecule has 0 radical (unpaired) electrons. The predicted octanol–water partition coefficient (Wildman–Crippen LogP) is -3.50. The zero-order chi connectivity index (χ0) is 61.9. The Morgan fingerprint density at radius 3 is 1.36 bits per heavy atom. The molecule has 11 amide bonds. The van der Waals surface area contributed by atoms with E-state index in [-0.39, 0.29) is 56.1 Å². The van der Waals surface area contributed by atoms with Crippen LogP contribution >= 0.6 is 0 Å². The second kappa shape index (κ2) is 34.2. The molecule has 9 atom stereocenters. The molecule has 0 saturated carbocycles. The van der Waals surface area contributed by atoms with Crippen LogP contribution < -0.4 is 70.8 Å². The number of hydrogen-bond donors (Lipinski definition) is 16. The number of nitrogens with two attached hydrogens (primary N) is 4. The van der Waals surface area contributed by atoms with Crippen LogP contribution in [0.5, 0.6) is 11.5 Å². The van der Waals surface area contributed by atoms with Gasteiger partial charge in [-0.25, -0.2) is 4.79 Å². The molecule has 0 aliphatic carbocycles. The Morgan fingerprint density at radius 2 is 0.867 bits per heavy atom. The third-order valence-corrected chi connectivity index (χ3v) is 12.6. The van der Waals surface area contributed by atoms with Crippen molar-refractivity contribution in [2.75, 3.05) is 13.1 Å². The summed E-state index contributed by atoms with van der Waals surface area (Å²) < 4.78 is 0. The summed E-state index contributed by atoms with van der Waals surface area (Å²) >= 11 is 0. The number of unbranched alkanes of at least 4 members (excludes halogenated alkanes) is 1. The fourth-order valence-electron chi connectivity index (χ4n) is 8.11. The number of primary amides is 2. The van der Waals surface area contributed by atoms with E-state index in [1.54, 1.807) is 56.3 Å². The molecule has 0 aromatic heterocycles. The number of aromatic hydroxyl groups is 2. The van der Waals surface area contributed by atoms with Gasteiger partial charge < -0.3 is 86.1 Å². The lowest BCUT2D eigenvalue weighted by Gasteiger charge is -2.26. The summed E-state index contributed by atoms with van der Waals surface area (Å²) in [5.74, 6) is -12.0. The van der Waals surface area contributed by atoms with Crippen LogP contribution in [0.4, 0.5) is 0 Å². The highest BCUT2D eigenvalue weighted by atomic mass is 16.4. The van der Waals surface area contributed by atoms with Crippen LogP contribution in [0.2, 0.25) is 0 Å². The highest BCUT2D eigenvalue weighted by Gasteiger charge is 2.34. The molecule has 0 unspecified atom stereocenters. The van der Waals surface area contributed by atoms with Gasteiger partial charge in [0.1, 0.15) is 59.8 Å². The van der Waals surface area contributed by atoms with E-state index in [4.69, 9.17) is 22.9 Å². The monoisotopic (exact) mass is 1160 g/mol. The molecule has 0 aliphatic rings. The fourth-order valence-corrected chi connectivity index (χ4v) is 8.11. The normalized spacial score (nSPS) is 14.2. The van der Waals surface area contributed by atoms with E-state index in [1.165, 1.54) is 50.2 Å². The summed E-state index contributed by atoms with van der Waals surface area (Å²) in [6.45, 7) is 5.46. The predicted molar refractivity (Wildman–Crippen MR) is 299 cm³/mol. The summed E-state index contributed by atoms with van der Waals surface area (Å²) in [5, 5.41) is 50.9. The standard InChI is InChI=1S/C55H77N13O15/c1-29(2)22-43(55(82)83)68-50(77)38(12-8-9-21-56)64-54(81)42(27-45(59)72)67-52(79)39(24-32-10-6-5-7-11-32)63-46(73)28-60-47(74)30(3)61-48(75)31(4)62-51(78)41(26-44(58)71)66-53(80)40(25-34-15-19-36(70)20-16-34)65-49(76)37(57)23-33-13-17-35(69)18-14-33/h5-7,10-11,13-20,29-31,37-43,69-70H,8-9,12,21-28,56-57H2,1-4H3,(H2,58,71)(H2,59,72)(H,60,74)(H,61,75)(H,62,78)(H,63,73)(H,64,81)(H,65,76)(H,66,80)(H,67,79)(H,68,77)(H,82,83)/t30-,31-,37-,38-,39-,40-,41-,42-,43-/m0/s1. The van der Waals surface area contributed by atoms with E-state index in [1.807, 2.05) is 0 Å². The minimum atomic E-state index is -1.70. The first-order valence-electron chi connectivity index (χ1n) is 26.7. The molecule has 83 heavy (non-hydrogen) atoms. The number of rotatable bonds is 35. The molecule has 0 bridgehead atoms. The van der Waals surface area contributed by atoms with Gasteiger partial charge in [0, 0.05) is 12.8 Å². The lowest BCUT2D eigenvalue weighted by atomic mass is 10.0. The second-order valence-corrected chi connectivity index (χ2v) is 20.2. The van der Waals surface area contributed by atoms with Gasteiger partial charge in [0.05, 0.1) is 25.4 Å². The lowest BCUT2D eigenvalue weighted by molar-refractivity contribution is -0.143. The van der Waals surface area contributed by atoms with Gasteiger partial charge >= 0.3 is 5.97 Å². The Kier molecular flexibility index (Phi) is 28.0. The van der Waals surface area contributed by atoms with E-state index >= 15 is 0 Å². The molecule has 452 valence electrons. The van der Waals surface area contributed by atoms with Crippen LogP contribution in [0.1, 0.15) is 82.9 Å². The van der Waals surface area contributed by atoms with Gasteiger partial charge in [-0.05, 0) is 99.4 Å². The van der Waals surface area contributed by atoms with Gasteiger partial charge in [-0.15, -0.1) is 0 Å². The highest BCUT2D eigenvalue weighted by Crippen LogP contribution is 2.15. The van der Waals surface area contributed by atoms with E-state index < -0.39 is 145 Å². The molecule has 0 saturated heterocycles. The van der Waals surface area contributed by atoms with Crippen molar-refractivity contribution in [1.29, 1.82) is 0 Å². The summed E-state index contributed by atoms with van der Waals surface area (Å²) in [4.78, 5) is 158.